The zero-order chi connectivity index (χ0) is 18.3. The number of nitrogens with zero attached hydrogens (tertiary/aromatic N) is 1. The molecule has 0 saturated heterocycles. The number of hydrogen-bond acceptors (Lipinski definition) is 4. The molecule has 0 radical (unpaired) electrons. The van der Waals surface area contributed by atoms with E-state index in [0.29, 0.717) is 26.2 Å². The fourth-order valence-electron chi connectivity index (χ4n) is 2.66. The number of fused-ring (bicyclic) bond motifs is 1. The van der Waals surface area contributed by atoms with Crippen molar-refractivity contribution in [3.8, 4) is 11.4 Å². The van der Waals surface area contributed by atoms with Crippen LogP contribution in [0.1, 0.15) is 25.6 Å². The molecule has 2 aromatic heterocycles. The molecule has 0 unspecified atom stereocenters. The quantitative estimate of drug-likeness (QED) is 0.517. The maximum Gasteiger partial charge on any atom is 0.248 e. The monoisotopic (exact) mass is 381 g/mol. The number of aromatic amines is 1. The van der Waals surface area contributed by atoms with Crippen LogP contribution in [0.15, 0.2) is 54.6 Å². The Balaban J connectivity index is 1.65. The number of aromatic nitrogens is 2. The number of carbonyl (C=O) groups is 2. The van der Waals surface area contributed by atoms with Gasteiger partial charge in [0.05, 0.1) is 20.2 Å². The van der Waals surface area contributed by atoms with Crippen LogP contribution in [-0.4, -0.2) is 21.7 Å². The summed E-state index contributed by atoms with van der Waals surface area (Å²) in [6.45, 7) is 0. The van der Waals surface area contributed by atoms with Crippen LogP contribution in [0.5, 0.6) is 0 Å². The first-order valence-electron chi connectivity index (χ1n) is 7.71. The zero-order valence-corrected chi connectivity index (χ0v) is 14.9. The largest absolute Gasteiger partial charge is 0.366 e. The number of rotatable bonds is 4. The molecule has 2 heterocycles. The van der Waals surface area contributed by atoms with E-state index in [1.165, 1.54) is 11.3 Å². The van der Waals surface area contributed by atoms with Crippen LogP contribution in [0, 0.1) is 0 Å². The number of ketones is 1. The highest BCUT2D eigenvalue weighted by atomic mass is 35.5. The zero-order valence-electron chi connectivity index (χ0n) is 13.3. The summed E-state index contributed by atoms with van der Waals surface area (Å²) < 4.78 is 0.586. The van der Waals surface area contributed by atoms with Crippen molar-refractivity contribution >= 4 is 45.7 Å². The van der Waals surface area contributed by atoms with Crippen molar-refractivity contribution in [1.82, 2.24) is 9.97 Å². The summed E-state index contributed by atoms with van der Waals surface area (Å²) in [5, 5.41) is 0. The summed E-state index contributed by atoms with van der Waals surface area (Å²) in [6, 6.07) is 15.7. The summed E-state index contributed by atoms with van der Waals surface area (Å²) >= 11 is 7.15. The van der Waals surface area contributed by atoms with E-state index < -0.39 is 5.91 Å². The lowest BCUT2D eigenvalue weighted by Gasteiger charge is -2.00. The molecule has 0 fully saturated rings. The summed E-state index contributed by atoms with van der Waals surface area (Å²) in [5.41, 5.74) is 8.60. The van der Waals surface area contributed by atoms with Crippen LogP contribution in [0.3, 0.4) is 0 Å². The van der Waals surface area contributed by atoms with Gasteiger partial charge in [0.25, 0.3) is 0 Å². The molecule has 5 nitrogen and oxygen atoms in total. The number of benzene rings is 2. The van der Waals surface area contributed by atoms with Crippen LogP contribution in [0.25, 0.3) is 22.4 Å². The van der Waals surface area contributed by atoms with Gasteiger partial charge >= 0.3 is 0 Å². The molecule has 3 N–H and O–H groups in total. The summed E-state index contributed by atoms with van der Waals surface area (Å²) in [7, 11) is 0. The molecule has 0 spiro atoms. The Morgan fingerprint density at radius 1 is 1.00 bits per heavy atom. The van der Waals surface area contributed by atoms with Crippen molar-refractivity contribution in [2.75, 3.05) is 0 Å². The predicted molar refractivity (Wildman–Crippen MR) is 103 cm³/mol. The topological polar surface area (TPSA) is 88.8 Å². The number of imidazole rings is 1. The second-order valence-corrected chi connectivity index (χ2v) is 7.41. The Bertz CT molecular complexity index is 1150. The number of H-pyrrole nitrogens is 1. The fraction of sp³-hybridized carbons (Fsp3) is 0. The summed E-state index contributed by atoms with van der Waals surface area (Å²) in [4.78, 5) is 32.0. The molecule has 0 atom stereocenters. The number of carbonyl (C=O) groups excluding carboxylic acids is 2. The minimum absolute atomic E-state index is 0.0656. The van der Waals surface area contributed by atoms with Gasteiger partial charge < -0.3 is 10.7 Å². The van der Waals surface area contributed by atoms with Crippen LogP contribution in [-0.2, 0) is 0 Å². The first kappa shape index (κ1) is 16.5. The molecule has 0 aliphatic heterocycles. The molecule has 0 aliphatic carbocycles. The van der Waals surface area contributed by atoms with Gasteiger partial charge in [0.1, 0.15) is 5.82 Å². The van der Waals surface area contributed by atoms with Gasteiger partial charge in [0.2, 0.25) is 11.7 Å². The smallest absolute Gasteiger partial charge is 0.248 e. The van der Waals surface area contributed by atoms with E-state index in [4.69, 9.17) is 17.3 Å². The van der Waals surface area contributed by atoms with Crippen molar-refractivity contribution < 1.29 is 9.59 Å². The van der Waals surface area contributed by atoms with E-state index in [-0.39, 0.29) is 5.78 Å². The predicted octanol–water partition coefficient (Wildman–Crippen LogP) is 4.27. The third kappa shape index (κ3) is 3.00. The highest BCUT2D eigenvalue weighted by molar-refractivity contribution is 7.18. The first-order valence-corrected chi connectivity index (χ1v) is 8.91. The lowest BCUT2D eigenvalue weighted by Crippen LogP contribution is -2.10. The fourth-order valence-corrected chi connectivity index (χ4v) is 3.66. The second-order valence-electron chi connectivity index (χ2n) is 5.69. The molecule has 0 saturated carbocycles. The van der Waals surface area contributed by atoms with E-state index in [1.807, 2.05) is 12.1 Å². The third-order valence-corrected chi connectivity index (χ3v) is 5.21. The molecule has 4 rings (SSSR count). The van der Waals surface area contributed by atoms with E-state index in [9.17, 15) is 9.59 Å². The van der Waals surface area contributed by atoms with Crippen molar-refractivity contribution in [3.63, 3.8) is 0 Å². The molecule has 7 heteroatoms. The maximum absolute atomic E-state index is 12.4. The normalized spacial score (nSPS) is 11.0. The Morgan fingerprint density at radius 3 is 2.38 bits per heavy atom. The van der Waals surface area contributed by atoms with Crippen molar-refractivity contribution in [2.24, 2.45) is 5.73 Å². The number of nitrogens with two attached hydrogens (primary N) is 1. The van der Waals surface area contributed by atoms with E-state index in [0.717, 1.165) is 16.6 Å². The van der Waals surface area contributed by atoms with E-state index in [1.54, 1.807) is 42.5 Å². The van der Waals surface area contributed by atoms with E-state index >= 15 is 0 Å². The molecular weight excluding hydrogens is 370 g/mol. The van der Waals surface area contributed by atoms with Crippen molar-refractivity contribution in [2.45, 2.75) is 0 Å². The van der Waals surface area contributed by atoms with Crippen LogP contribution in [0.4, 0.5) is 0 Å². The SMILES string of the molecule is NC(=O)c1ccc2nc(-c3ccc(C(=O)c4ccc(Cl)s4)cc3)[nH]c2c1. The number of primary amides is 1. The number of thiophene rings is 1. The molecule has 2 aromatic carbocycles. The third-order valence-electron chi connectivity index (χ3n) is 3.98. The molecule has 26 heavy (non-hydrogen) atoms. The second kappa shape index (κ2) is 6.40. The Morgan fingerprint density at radius 2 is 1.73 bits per heavy atom. The van der Waals surface area contributed by atoms with Crippen molar-refractivity contribution in [3.05, 3.63) is 74.9 Å². The highest BCUT2D eigenvalue weighted by Gasteiger charge is 2.13. The Labute approximate surface area is 157 Å². The van der Waals surface area contributed by atoms with Gasteiger partial charge in [-0.15, -0.1) is 11.3 Å². The Kier molecular flexibility index (Phi) is 4.06. The standard InChI is InChI=1S/C19H12ClN3O2S/c20-16-8-7-15(26-16)17(24)10-1-3-11(4-2-10)19-22-13-6-5-12(18(21)25)9-14(13)23-19/h1-9H,(H2,21,25)(H,22,23). The molecule has 0 bridgehead atoms. The van der Waals surface area contributed by atoms with Crippen LogP contribution in [0.2, 0.25) is 4.34 Å². The highest BCUT2D eigenvalue weighted by Crippen LogP contribution is 2.26. The average molecular weight is 382 g/mol. The number of halogens is 1. The van der Waals surface area contributed by atoms with Gasteiger partial charge in [-0.3, -0.25) is 9.59 Å². The molecule has 128 valence electrons. The summed E-state index contributed by atoms with van der Waals surface area (Å²) in [5.74, 6) is 0.100. The number of nitrogens with one attached hydrogen (secondary N) is 1. The van der Waals surface area contributed by atoms with Gasteiger partial charge in [0, 0.05) is 16.7 Å². The maximum atomic E-state index is 12.4. The molecular formula is C19H12ClN3O2S. The summed E-state index contributed by atoms with van der Waals surface area (Å²) in [6.07, 6.45) is 0. The number of hydrogen-bond donors (Lipinski definition) is 2. The van der Waals surface area contributed by atoms with Gasteiger partial charge in [-0.25, -0.2) is 4.98 Å². The van der Waals surface area contributed by atoms with Crippen LogP contribution < -0.4 is 5.73 Å². The van der Waals surface area contributed by atoms with Crippen LogP contribution >= 0.6 is 22.9 Å². The minimum Gasteiger partial charge on any atom is -0.366 e. The van der Waals surface area contributed by atoms with Gasteiger partial charge in [-0.05, 0) is 30.3 Å². The lowest BCUT2D eigenvalue weighted by molar-refractivity contribution is 0.0998. The van der Waals surface area contributed by atoms with Gasteiger partial charge in [0.15, 0.2) is 0 Å². The van der Waals surface area contributed by atoms with Crippen molar-refractivity contribution in [1.29, 1.82) is 0 Å². The average Bonchev–Trinajstić information content (AvgIpc) is 3.26. The number of amides is 1. The first-order chi connectivity index (χ1) is 12.5. The molecule has 1 amide bonds. The lowest BCUT2D eigenvalue weighted by atomic mass is 10.1. The van der Waals surface area contributed by atoms with Gasteiger partial charge in [-0.1, -0.05) is 35.9 Å². The molecule has 4 aromatic rings. The molecule has 0 aliphatic rings. The minimum atomic E-state index is -0.486. The Hall–Kier alpha value is -2.96. The van der Waals surface area contributed by atoms with E-state index in [2.05, 4.69) is 9.97 Å². The van der Waals surface area contributed by atoms with Gasteiger partial charge in [-0.2, -0.15) is 0 Å².